The maximum Gasteiger partial charge on any atom is 0.266 e. The summed E-state index contributed by atoms with van der Waals surface area (Å²) in [5, 5.41) is 12.3. The third kappa shape index (κ3) is 4.33. The molecule has 0 saturated carbocycles. The molecule has 3 heterocycles. The average molecular weight is 469 g/mol. The number of amides is 1. The van der Waals surface area contributed by atoms with Gasteiger partial charge in [-0.3, -0.25) is 9.59 Å². The van der Waals surface area contributed by atoms with Crippen LogP contribution >= 0.6 is 23.1 Å². The zero-order valence-electron chi connectivity index (χ0n) is 18.5. The normalized spacial score (nSPS) is 11.4. The van der Waals surface area contributed by atoms with Gasteiger partial charge in [0.25, 0.3) is 11.5 Å². The fourth-order valence-corrected chi connectivity index (χ4v) is 5.44. The number of nitrogens with zero attached hydrogens (tertiary/aromatic N) is 4. The zero-order chi connectivity index (χ0) is 23.0. The summed E-state index contributed by atoms with van der Waals surface area (Å²) in [6, 6.07) is 6.10. The van der Waals surface area contributed by atoms with Crippen molar-refractivity contribution in [3.8, 4) is 0 Å². The van der Waals surface area contributed by atoms with Crippen LogP contribution in [0.1, 0.15) is 52.1 Å². The Labute approximate surface area is 193 Å². The van der Waals surface area contributed by atoms with E-state index in [-0.39, 0.29) is 17.5 Å². The summed E-state index contributed by atoms with van der Waals surface area (Å²) >= 11 is 2.69. The number of benzene rings is 1. The van der Waals surface area contributed by atoms with E-state index in [0.29, 0.717) is 32.2 Å². The van der Waals surface area contributed by atoms with Crippen molar-refractivity contribution >= 4 is 44.9 Å². The second-order valence-corrected chi connectivity index (χ2v) is 9.87. The van der Waals surface area contributed by atoms with Crippen molar-refractivity contribution in [3.05, 3.63) is 62.3 Å². The molecule has 0 spiro atoms. The van der Waals surface area contributed by atoms with E-state index in [9.17, 15) is 9.59 Å². The summed E-state index contributed by atoms with van der Waals surface area (Å²) in [5.41, 5.74) is 3.27. The molecule has 0 saturated heterocycles. The summed E-state index contributed by atoms with van der Waals surface area (Å²) in [6.07, 6.45) is 1.69. The molecule has 0 aliphatic carbocycles. The fraction of sp³-hybridized carbons (Fsp3) is 0.318. The molecule has 1 amide bonds. The molecule has 4 rings (SSSR count). The van der Waals surface area contributed by atoms with Gasteiger partial charge >= 0.3 is 0 Å². The highest BCUT2D eigenvalue weighted by Crippen LogP contribution is 2.29. The van der Waals surface area contributed by atoms with Crippen LogP contribution in [0.4, 0.5) is 5.69 Å². The van der Waals surface area contributed by atoms with E-state index in [1.807, 2.05) is 36.6 Å². The summed E-state index contributed by atoms with van der Waals surface area (Å²) in [5.74, 6) is 0.740. The molecule has 2 N–H and O–H groups in total. The van der Waals surface area contributed by atoms with Crippen LogP contribution in [-0.4, -0.2) is 30.6 Å². The van der Waals surface area contributed by atoms with E-state index >= 15 is 0 Å². The van der Waals surface area contributed by atoms with E-state index in [1.54, 1.807) is 13.3 Å². The summed E-state index contributed by atoms with van der Waals surface area (Å²) < 4.78 is 1.96. The maximum absolute atomic E-state index is 13.0. The number of aromatic amines is 1. The molecule has 8 nitrogen and oxygen atoms in total. The number of aryl methyl sites for hydroxylation is 3. The second-order valence-electron chi connectivity index (χ2n) is 7.92. The second kappa shape index (κ2) is 8.87. The molecule has 0 radical (unpaired) electrons. The van der Waals surface area contributed by atoms with Gasteiger partial charge in [0.2, 0.25) is 0 Å². The Kier molecular flexibility index (Phi) is 6.16. The number of thioether (sulfide) groups is 1. The van der Waals surface area contributed by atoms with Gasteiger partial charge in [-0.25, -0.2) is 4.98 Å². The minimum Gasteiger partial charge on any atom is -0.321 e. The number of aromatic nitrogens is 5. The number of H-pyrrole nitrogens is 1. The molecular formula is C22H24N6O2S2. The van der Waals surface area contributed by atoms with E-state index in [0.717, 1.165) is 22.0 Å². The number of carbonyl (C=O) groups is 1. The number of fused-ring (bicyclic) bond motifs is 1. The summed E-state index contributed by atoms with van der Waals surface area (Å²) in [4.78, 5) is 34.2. The number of rotatable bonds is 6. The van der Waals surface area contributed by atoms with Gasteiger partial charge in [0.1, 0.15) is 17.0 Å². The quantitative estimate of drug-likeness (QED) is 0.400. The molecule has 1 aromatic carbocycles. The minimum absolute atomic E-state index is 0.236. The molecule has 0 aliphatic rings. The smallest absolute Gasteiger partial charge is 0.266 e. The van der Waals surface area contributed by atoms with Crippen LogP contribution in [0.5, 0.6) is 0 Å². The van der Waals surface area contributed by atoms with Crippen molar-refractivity contribution in [2.45, 2.75) is 51.6 Å². The number of nitrogens with one attached hydrogen (secondary N) is 2. The van der Waals surface area contributed by atoms with Gasteiger partial charge in [0, 0.05) is 11.7 Å². The van der Waals surface area contributed by atoms with Crippen LogP contribution in [0.2, 0.25) is 0 Å². The maximum atomic E-state index is 13.0. The molecule has 10 heteroatoms. The van der Waals surface area contributed by atoms with Gasteiger partial charge in [-0.2, -0.15) is 0 Å². The number of thiophene rings is 1. The van der Waals surface area contributed by atoms with Gasteiger partial charge in [-0.15, -0.1) is 21.5 Å². The lowest BCUT2D eigenvalue weighted by Crippen LogP contribution is -2.14. The summed E-state index contributed by atoms with van der Waals surface area (Å²) in [6.45, 7) is 9.86. The monoisotopic (exact) mass is 468 g/mol. The van der Waals surface area contributed by atoms with Crippen LogP contribution in [0.25, 0.3) is 10.2 Å². The van der Waals surface area contributed by atoms with Crippen molar-refractivity contribution in [1.29, 1.82) is 0 Å². The molecule has 0 aliphatic heterocycles. The topological polar surface area (TPSA) is 106 Å². The average Bonchev–Trinajstić information content (AvgIpc) is 3.33. The molecular weight excluding hydrogens is 444 g/mol. The molecule has 0 unspecified atom stereocenters. The number of hydrogen-bond acceptors (Lipinski definition) is 7. The van der Waals surface area contributed by atoms with Crippen molar-refractivity contribution in [2.75, 3.05) is 5.32 Å². The molecule has 4 aromatic rings. The van der Waals surface area contributed by atoms with Crippen molar-refractivity contribution < 1.29 is 4.79 Å². The van der Waals surface area contributed by atoms with Crippen molar-refractivity contribution in [3.63, 3.8) is 0 Å². The van der Waals surface area contributed by atoms with Crippen LogP contribution in [0, 0.1) is 20.8 Å². The first kappa shape index (κ1) is 22.2. The Balaban J connectivity index is 1.60. The van der Waals surface area contributed by atoms with Gasteiger partial charge in [-0.05, 0) is 51.8 Å². The SMILES string of the molecule is Cc1ccc(NC(=O)c2sc3nc(CSc4nncn4C(C)C)[nH]c(=O)c3c2C)c(C)c1. The molecule has 0 bridgehead atoms. The van der Waals surface area contributed by atoms with Crippen LogP contribution in [0.15, 0.2) is 34.5 Å². The molecule has 0 fully saturated rings. The van der Waals surface area contributed by atoms with E-state index < -0.39 is 0 Å². The van der Waals surface area contributed by atoms with Gasteiger partial charge in [0.15, 0.2) is 5.16 Å². The highest BCUT2D eigenvalue weighted by Gasteiger charge is 2.20. The lowest BCUT2D eigenvalue weighted by molar-refractivity contribution is 0.103. The molecule has 0 atom stereocenters. The molecule has 166 valence electrons. The Morgan fingerprint density at radius 2 is 2.06 bits per heavy atom. The van der Waals surface area contributed by atoms with Gasteiger partial charge in [0.05, 0.1) is 16.0 Å². The Hall–Kier alpha value is -2.98. The number of hydrogen-bond donors (Lipinski definition) is 2. The molecule has 32 heavy (non-hydrogen) atoms. The highest BCUT2D eigenvalue weighted by atomic mass is 32.2. The first-order valence-corrected chi connectivity index (χ1v) is 12.0. The number of anilines is 1. The first-order chi connectivity index (χ1) is 15.2. The Morgan fingerprint density at radius 1 is 1.28 bits per heavy atom. The lowest BCUT2D eigenvalue weighted by Gasteiger charge is -2.08. The fourth-order valence-electron chi connectivity index (χ4n) is 3.43. The van der Waals surface area contributed by atoms with E-state index in [2.05, 4.69) is 39.3 Å². The van der Waals surface area contributed by atoms with Crippen LogP contribution in [0.3, 0.4) is 0 Å². The standard InChI is InChI=1S/C22H24N6O2S2/c1-11(2)28-10-23-27-22(28)31-9-16-25-19(29)17-14(5)18(32-21(17)26-16)20(30)24-15-7-6-12(3)8-13(15)4/h6-8,10-11H,9H2,1-5H3,(H,24,30)(H,25,26,29). The van der Waals surface area contributed by atoms with E-state index in [4.69, 9.17) is 0 Å². The van der Waals surface area contributed by atoms with Crippen molar-refractivity contribution in [2.24, 2.45) is 0 Å². The van der Waals surface area contributed by atoms with Crippen LogP contribution in [-0.2, 0) is 5.75 Å². The van der Waals surface area contributed by atoms with Crippen LogP contribution < -0.4 is 10.9 Å². The van der Waals surface area contributed by atoms with Gasteiger partial charge < -0.3 is 14.9 Å². The van der Waals surface area contributed by atoms with Gasteiger partial charge in [-0.1, -0.05) is 29.5 Å². The van der Waals surface area contributed by atoms with E-state index in [1.165, 1.54) is 23.1 Å². The predicted octanol–water partition coefficient (Wildman–Crippen LogP) is 4.63. The minimum atomic E-state index is -0.241. The third-order valence-electron chi connectivity index (χ3n) is 5.12. The Bertz CT molecular complexity index is 1370. The first-order valence-electron chi connectivity index (χ1n) is 10.2. The predicted molar refractivity (Wildman–Crippen MR) is 129 cm³/mol. The van der Waals surface area contributed by atoms with Crippen molar-refractivity contribution in [1.82, 2.24) is 24.7 Å². The number of carbonyl (C=O) groups excluding carboxylic acids is 1. The third-order valence-corrected chi connectivity index (χ3v) is 7.27. The lowest BCUT2D eigenvalue weighted by atomic mass is 10.1. The molecule has 3 aromatic heterocycles. The Morgan fingerprint density at radius 3 is 2.78 bits per heavy atom. The summed E-state index contributed by atoms with van der Waals surface area (Å²) in [7, 11) is 0. The zero-order valence-corrected chi connectivity index (χ0v) is 20.1. The highest BCUT2D eigenvalue weighted by molar-refractivity contribution is 7.98. The largest absolute Gasteiger partial charge is 0.321 e.